The van der Waals surface area contributed by atoms with Crippen LogP contribution < -0.4 is 5.32 Å². The van der Waals surface area contributed by atoms with E-state index in [1.807, 2.05) is 37.7 Å². The fourth-order valence-corrected chi connectivity index (χ4v) is 2.42. The number of nitrogens with zero attached hydrogens (tertiary/aromatic N) is 2. The van der Waals surface area contributed by atoms with Crippen molar-refractivity contribution in [2.75, 3.05) is 12.4 Å². The fraction of sp³-hybridized carbons (Fsp3) is 0.375. The van der Waals surface area contributed by atoms with Gasteiger partial charge in [-0.15, -0.1) is 0 Å². The number of ether oxygens (including phenoxy) is 1. The van der Waals surface area contributed by atoms with Crippen LogP contribution in [0.5, 0.6) is 0 Å². The van der Waals surface area contributed by atoms with E-state index in [9.17, 15) is 4.79 Å². The molecule has 0 atom stereocenters. The first-order chi connectivity index (χ1) is 9.95. The lowest BCUT2D eigenvalue weighted by Crippen LogP contribution is -2.08. The van der Waals surface area contributed by atoms with E-state index in [1.165, 1.54) is 12.7 Å². The van der Waals surface area contributed by atoms with Crippen LogP contribution in [0.4, 0.5) is 5.69 Å². The first kappa shape index (κ1) is 15.1. The third-order valence-electron chi connectivity index (χ3n) is 3.85. The first-order valence-electron chi connectivity index (χ1n) is 6.86. The highest BCUT2D eigenvalue weighted by Crippen LogP contribution is 2.21. The summed E-state index contributed by atoms with van der Waals surface area (Å²) >= 11 is 0. The van der Waals surface area contributed by atoms with Crippen molar-refractivity contribution in [3.05, 3.63) is 46.3 Å². The van der Waals surface area contributed by atoms with Crippen molar-refractivity contribution in [1.82, 2.24) is 9.78 Å². The molecule has 0 saturated heterocycles. The average Bonchev–Trinajstić information content (AvgIpc) is 2.71. The van der Waals surface area contributed by atoms with Crippen molar-refractivity contribution in [2.45, 2.75) is 27.3 Å². The molecule has 0 aliphatic heterocycles. The zero-order valence-corrected chi connectivity index (χ0v) is 13.2. The average molecular weight is 287 g/mol. The molecule has 0 radical (unpaired) electrons. The summed E-state index contributed by atoms with van der Waals surface area (Å²) in [6, 6.07) is 5.58. The normalized spacial score (nSPS) is 10.5. The number of benzene rings is 1. The van der Waals surface area contributed by atoms with Gasteiger partial charge in [0.15, 0.2) is 0 Å². The number of methoxy groups -OCH3 is 1. The molecular weight excluding hydrogens is 266 g/mol. The molecule has 0 amide bonds. The highest BCUT2D eigenvalue weighted by molar-refractivity contribution is 5.92. The molecule has 2 aromatic rings. The Labute approximate surface area is 124 Å². The second-order valence-corrected chi connectivity index (χ2v) is 5.10. The third kappa shape index (κ3) is 2.91. The van der Waals surface area contributed by atoms with Gasteiger partial charge in [-0.2, -0.15) is 5.10 Å². The van der Waals surface area contributed by atoms with Crippen LogP contribution in [-0.4, -0.2) is 22.9 Å². The van der Waals surface area contributed by atoms with Crippen LogP contribution in [0.1, 0.15) is 32.9 Å². The summed E-state index contributed by atoms with van der Waals surface area (Å²) in [6.07, 6.45) is 0. The summed E-state index contributed by atoms with van der Waals surface area (Å²) in [4.78, 5) is 11.7. The SMILES string of the molecule is COC(=O)c1cccc(NCc2c(C)nn(C)c2C)c1C. The van der Waals surface area contributed by atoms with Crippen molar-refractivity contribution >= 4 is 11.7 Å². The number of anilines is 1. The fourth-order valence-electron chi connectivity index (χ4n) is 2.42. The number of hydrogen-bond donors (Lipinski definition) is 1. The second-order valence-electron chi connectivity index (χ2n) is 5.10. The van der Waals surface area contributed by atoms with E-state index in [2.05, 4.69) is 17.3 Å². The van der Waals surface area contributed by atoms with Crippen molar-refractivity contribution in [3.63, 3.8) is 0 Å². The lowest BCUT2D eigenvalue weighted by atomic mass is 10.1. The maximum Gasteiger partial charge on any atom is 0.338 e. The van der Waals surface area contributed by atoms with Gasteiger partial charge in [-0.3, -0.25) is 4.68 Å². The van der Waals surface area contributed by atoms with Gasteiger partial charge in [0, 0.05) is 30.5 Å². The smallest absolute Gasteiger partial charge is 0.338 e. The molecule has 0 aliphatic carbocycles. The van der Waals surface area contributed by atoms with E-state index in [1.54, 1.807) is 6.07 Å². The molecule has 1 N–H and O–H groups in total. The number of carbonyl (C=O) groups excluding carboxylic acids is 1. The molecule has 0 aliphatic rings. The maximum absolute atomic E-state index is 11.7. The van der Waals surface area contributed by atoms with Gasteiger partial charge < -0.3 is 10.1 Å². The topological polar surface area (TPSA) is 56.1 Å². The van der Waals surface area contributed by atoms with E-state index >= 15 is 0 Å². The predicted molar refractivity (Wildman–Crippen MR) is 82.5 cm³/mol. The molecule has 0 saturated carbocycles. The Hall–Kier alpha value is -2.30. The second kappa shape index (κ2) is 5.99. The minimum atomic E-state index is -0.315. The number of nitrogens with one attached hydrogen (secondary N) is 1. The van der Waals surface area contributed by atoms with Gasteiger partial charge in [0.1, 0.15) is 0 Å². The molecular formula is C16H21N3O2. The highest BCUT2D eigenvalue weighted by atomic mass is 16.5. The van der Waals surface area contributed by atoms with E-state index in [-0.39, 0.29) is 5.97 Å². The Morgan fingerprint density at radius 3 is 2.62 bits per heavy atom. The standard InChI is InChI=1S/C16H21N3O2/c1-10-13(16(20)21-5)7-6-8-15(10)17-9-14-11(2)18-19(4)12(14)3/h6-8,17H,9H2,1-5H3. The number of aromatic nitrogens is 2. The Bertz CT molecular complexity index is 674. The van der Waals surface area contributed by atoms with Crippen molar-refractivity contribution in [2.24, 2.45) is 7.05 Å². The number of esters is 1. The van der Waals surface area contributed by atoms with Gasteiger partial charge in [0.05, 0.1) is 18.4 Å². The van der Waals surface area contributed by atoms with E-state index < -0.39 is 0 Å². The summed E-state index contributed by atoms with van der Waals surface area (Å²) in [5.74, 6) is -0.315. The summed E-state index contributed by atoms with van der Waals surface area (Å²) in [5, 5.41) is 7.79. The molecule has 1 heterocycles. The van der Waals surface area contributed by atoms with Crippen LogP contribution in [0.3, 0.4) is 0 Å². The number of carbonyl (C=O) groups is 1. The third-order valence-corrected chi connectivity index (χ3v) is 3.85. The Morgan fingerprint density at radius 1 is 1.33 bits per heavy atom. The van der Waals surface area contributed by atoms with Crippen LogP contribution in [0, 0.1) is 20.8 Å². The number of aryl methyl sites for hydroxylation is 2. The van der Waals surface area contributed by atoms with Crippen molar-refractivity contribution in [3.8, 4) is 0 Å². The lowest BCUT2D eigenvalue weighted by molar-refractivity contribution is 0.0600. The molecule has 0 spiro atoms. The molecule has 1 aromatic heterocycles. The molecule has 2 rings (SSSR count). The largest absolute Gasteiger partial charge is 0.465 e. The molecule has 21 heavy (non-hydrogen) atoms. The molecule has 112 valence electrons. The quantitative estimate of drug-likeness (QED) is 0.879. The molecule has 0 fully saturated rings. The van der Waals surface area contributed by atoms with Crippen LogP contribution in [0.15, 0.2) is 18.2 Å². The summed E-state index contributed by atoms with van der Waals surface area (Å²) in [6.45, 7) is 6.64. The Morgan fingerprint density at radius 2 is 2.05 bits per heavy atom. The monoisotopic (exact) mass is 287 g/mol. The molecule has 5 nitrogen and oxygen atoms in total. The Kier molecular flexibility index (Phi) is 4.31. The van der Waals surface area contributed by atoms with Crippen molar-refractivity contribution in [1.29, 1.82) is 0 Å². The van der Waals surface area contributed by atoms with Gasteiger partial charge in [-0.05, 0) is 38.5 Å². The van der Waals surface area contributed by atoms with Crippen molar-refractivity contribution < 1.29 is 9.53 Å². The maximum atomic E-state index is 11.7. The minimum absolute atomic E-state index is 0.315. The number of rotatable bonds is 4. The first-order valence-corrected chi connectivity index (χ1v) is 6.86. The molecule has 1 aromatic carbocycles. The highest BCUT2D eigenvalue weighted by Gasteiger charge is 2.13. The van der Waals surface area contributed by atoms with Crippen LogP contribution in [0.25, 0.3) is 0 Å². The van der Waals surface area contributed by atoms with Gasteiger partial charge in [0.25, 0.3) is 0 Å². The summed E-state index contributed by atoms with van der Waals surface area (Å²) in [7, 11) is 3.33. The molecule has 0 bridgehead atoms. The Balaban J connectivity index is 2.23. The van der Waals surface area contributed by atoms with E-state index in [0.717, 1.165) is 22.6 Å². The van der Waals surface area contributed by atoms with Gasteiger partial charge in [0.2, 0.25) is 0 Å². The number of hydrogen-bond acceptors (Lipinski definition) is 4. The predicted octanol–water partition coefficient (Wildman–Crippen LogP) is 2.74. The summed E-state index contributed by atoms with van der Waals surface area (Å²) in [5.41, 5.74) is 5.75. The van der Waals surface area contributed by atoms with Gasteiger partial charge >= 0.3 is 5.97 Å². The van der Waals surface area contributed by atoms with Gasteiger partial charge in [-0.1, -0.05) is 6.07 Å². The summed E-state index contributed by atoms with van der Waals surface area (Å²) < 4.78 is 6.68. The van der Waals surface area contributed by atoms with E-state index in [4.69, 9.17) is 4.74 Å². The lowest BCUT2D eigenvalue weighted by Gasteiger charge is -2.12. The minimum Gasteiger partial charge on any atom is -0.465 e. The van der Waals surface area contributed by atoms with E-state index in [0.29, 0.717) is 12.1 Å². The zero-order valence-electron chi connectivity index (χ0n) is 13.2. The molecule has 5 heteroatoms. The molecule has 0 unspecified atom stereocenters. The van der Waals surface area contributed by atoms with Crippen LogP contribution in [-0.2, 0) is 18.3 Å². The van der Waals surface area contributed by atoms with Crippen LogP contribution >= 0.6 is 0 Å². The zero-order chi connectivity index (χ0) is 15.6. The van der Waals surface area contributed by atoms with Gasteiger partial charge in [-0.25, -0.2) is 4.79 Å². The van der Waals surface area contributed by atoms with Crippen LogP contribution in [0.2, 0.25) is 0 Å².